The Bertz CT molecular complexity index is 1030. The Morgan fingerprint density at radius 1 is 1.03 bits per heavy atom. The van der Waals surface area contributed by atoms with Crippen molar-refractivity contribution in [2.75, 3.05) is 5.01 Å². The van der Waals surface area contributed by atoms with E-state index >= 15 is 0 Å². The second-order valence-electron chi connectivity index (χ2n) is 9.45. The molecule has 34 heavy (non-hydrogen) atoms. The molecule has 0 aromatic heterocycles. The lowest BCUT2D eigenvalue weighted by Gasteiger charge is -2.28. The Labute approximate surface area is 217 Å². The van der Waals surface area contributed by atoms with Gasteiger partial charge in [0.2, 0.25) is 0 Å². The molecule has 1 aliphatic heterocycles. The summed E-state index contributed by atoms with van der Waals surface area (Å²) in [7, 11) is 0. The van der Waals surface area contributed by atoms with Crippen LogP contribution in [0.5, 0.6) is 0 Å². The van der Waals surface area contributed by atoms with Gasteiger partial charge in [0, 0.05) is 22.0 Å². The van der Waals surface area contributed by atoms with Crippen LogP contribution in [0.15, 0.2) is 47.6 Å². The molecule has 1 N–H and O–H groups in total. The minimum atomic E-state index is -0.186. The lowest BCUT2D eigenvalue weighted by atomic mass is 9.88. The maximum absolute atomic E-state index is 13.6. The molecule has 1 fully saturated rings. The van der Waals surface area contributed by atoms with Crippen molar-refractivity contribution in [2.45, 2.75) is 70.9 Å². The molecule has 4 rings (SSSR count). The van der Waals surface area contributed by atoms with Crippen molar-refractivity contribution in [3.8, 4) is 0 Å². The molecule has 0 radical (unpaired) electrons. The number of amides is 1. The van der Waals surface area contributed by atoms with Gasteiger partial charge >= 0.3 is 0 Å². The summed E-state index contributed by atoms with van der Waals surface area (Å²) in [5.74, 6) is 0.303. The summed E-state index contributed by atoms with van der Waals surface area (Å²) in [6.07, 6.45) is 8.37. The summed E-state index contributed by atoms with van der Waals surface area (Å²) in [4.78, 5) is 13.6. The molecule has 1 amide bonds. The standard InChI is InChI=1S/C27H32Cl3N3O/c1-3-23(18-8-6-4-5-7-9-18)31-27(34)25-17(2)26(19-10-12-20(28)13-11-19)33(32-25)24-15-14-21(29)16-22(24)30/h10-18,23,26H,3-9H2,1-2H3,(H,31,34)/t17-,23?,26-/m1/s1. The van der Waals surface area contributed by atoms with Gasteiger partial charge in [-0.1, -0.05) is 86.5 Å². The molecule has 2 aromatic carbocycles. The monoisotopic (exact) mass is 519 g/mol. The molecule has 1 unspecified atom stereocenters. The fourth-order valence-electron chi connectivity index (χ4n) is 5.35. The maximum atomic E-state index is 13.6. The number of rotatable bonds is 6. The Hall–Kier alpha value is -1.75. The molecule has 4 nitrogen and oxygen atoms in total. The third kappa shape index (κ3) is 5.56. The summed E-state index contributed by atoms with van der Waals surface area (Å²) in [5.41, 5.74) is 2.26. The minimum absolute atomic E-state index is 0.0878. The zero-order valence-electron chi connectivity index (χ0n) is 19.7. The van der Waals surface area contributed by atoms with E-state index in [-0.39, 0.29) is 23.9 Å². The van der Waals surface area contributed by atoms with Crippen LogP contribution in [-0.2, 0) is 4.79 Å². The second kappa shape index (κ2) is 11.3. The van der Waals surface area contributed by atoms with E-state index in [2.05, 4.69) is 12.2 Å². The molecule has 2 aromatic rings. The number of halogens is 3. The topological polar surface area (TPSA) is 44.7 Å². The second-order valence-corrected chi connectivity index (χ2v) is 10.7. The van der Waals surface area contributed by atoms with E-state index in [1.165, 1.54) is 38.5 Å². The molecule has 0 saturated heterocycles. The summed E-state index contributed by atoms with van der Waals surface area (Å²) < 4.78 is 0. The molecule has 1 aliphatic carbocycles. The average Bonchev–Trinajstić information content (AvgIpc) is 2.98. The molecule has 7 heteroatoms. The first-order valence-corrected chi connectivity index (χ1v) is 13.4. The van der Waals surface area contributed by atoms with Gasteiger partial charge in [-0.3, -0.25) is 9.80 Å². The molecule has 2 aliphatic rings. The van der Waals surface area contributed by atoms with Gasteiger partial charge in [-0.2, -0.15) is 5.10 Å². The summed E-state index contributed by atoms with van der Waals surface area (Å²) in [6.45, 7) is 4.21. The van der Waals surface area contributed by atoms with E-state index in [1.54, 1.807) is 12.1 Å². The van der Waals surface area contributed by atoms with Gasteiger partial charge in [-0.05, 0) is 61.1 Å². The van der Waals surface area contributed by atoms with Crippen molar-refractivity contribution >= 4 is 52.1 Å². The number of hydrazone groups is 1. The minimum Gasteiger partial charge on any atom is -0.348 e. The summed E-state index contributed by atoms with van der Waals surface area (Å²) >= 11 is 18.9. The van der Waals surface area contributed by atoms with Gasteiger partial charge in [-0.15, -0.1) is 0 Å². The Kier molecular flexibility index (Phi) is 8.44. The Balaban J connectivity index is 1.64. The number of hydrogen-bond acceptors (Lipinski definition) is 3. The van der Waals surface area contributed by atoms with Crippen LogP contribution in [0.4, 0.5) is 5.69 Å². The van der Waals surface area contributed by atoms with Crippen molar-refractivity contribution in [1.29, 1.82) is 0 Å². The maximum Gasteiger partial charge on any atom is 0.268 e. The predicted octanol–water partition coefficient (Wildman–Crippen LogP) is 8.07. The van der Waals surface area contributed by atoms with Crippen LogP contribution in [0.2, 0.25) is 15.1 Å². The lowest BCUT2D eigenvalue weighted by molar-refractivity contribution is -0.116. The highest BCUT2D eigenvalue weighted by Gasteiger charge is 2.40. The highest BCUT2D eigenvalue weighted by Crippen LogP contribution is 2.42. The fourth-order valence-corrected chi connectivity index (χ4v) is 5.97. The van der Waals surface area contributed by atoms with Crippen molar-refractivity contribution in [2.24, 2.45) is 16.9 Å². The van der Waals surface area contributed by atoms with Gasteiger partial charge in [0.1, 0.15) is 5.71 Å². The third-order valence-electron chi connectivity index (χ3n) is 7.21. The lowest BCUT2D eigenvalue weighted by Crippen LogP contribution is -2.44. The zero-order valence-corrected chi connectivity index (χ0v) is 22.0. The van der Waals surface area contributed by atoms with E-state index in [0.29, 0.717) is 26.7 Å². The largest absolute Gasteiger partial charge is 0.348 e. The van der Waals surface area contributed by atoms with Gasteiger partial charge < -0.3 is 5.32 Å². The fraction of sp³-hybridized carbons (Fsp3) is 0.481. The van der Waals surface area contributed by atoms with Crippen LogP contribution >= 0.6 is 34.8 Å². The third-order valence-corrected chi connectivity index (χ3v) is 8.00. The van der Waals surface area contributed by atoms with E-state index in [4.69, 9.17) is 39.9 Å². The first-order chi connectivity index (χ1) is 16.4. The van der Waals surface area contributed by atoms with Gasteiger partial charge in [-0.25, -0.2) is 0 Å². The van der Waals surface area contributed by atoms with Gasteiger partial charge in [0.25, 0.3) is 5.91 Å². The number of carbonyl (C=O) groups excluding carboxylic acids is 1. The Morgan fingerprint density at radius 3 is 2.29 bits per heavy atom. The van der Waals surface area contributed by atoms with Crippen molar-refractivity contribution in [3.63, 3.8) is 0 Å². The number of anilines is 1. The Morgan fingerprint density at radius 2 is 1.68 bits per heavy atom. The first kappa shape index (κ1) is 25.3. The van der Waals surface area contributed by atoms with Crippen LogP contribution in [-0.4, -0.2) is 17.7 Å². The van der Waals surface area contributed by atoms with E-state index < -0.39 is 0 Å². The molecule has 0 spiro atoms. The molecule has 3 atom stereocenters. The molecule has 1 heterocycles. The smallest absolute Gasteiger partial charge is 0.268 e. The van der Waals surface area contributed by atoms with E-state index in [1.807, 2.05) is 42.3 Å². The SMILES string of the molecule is CCC(NC(=O)C1=NN(c2ccc(Cl)cc2Cl)[C@@H](c2ccc(Cl)cc2)[C@@H]1C)C1CCCCCC1. The van der Waals surface area contributed by atoms with Gasteiger partial charge in [0.15, 0.2) is 0 Å². The number of hydrogen-bond donors (Lipinski definition) is 1. The number of nitrogens with zero attached hydrogens (tertiary/aromatic N) is 2. The van der Waals surface area contributed by atoms with Crippen molar-refractivity contribution < 1.29 is 4.79 Å². The van der Waals surface area contributed by atoms with Crippen molar-refractivity contribution in [1.82, 2.24) is 5.32 Å². The summed E-state index contributed by atoms with van der Waals surface area (Å²) in [6, 6.07) is 13.0. The van der Waals surface area contributed by atoms with Crippen LogP contribution < -0.4 is 10.3 Å². The quantitative estimate of drug-likeness (QED) is 0.391. The predicted molar refractivity (Wildman–Crippen MR) is 143 cm³/mol. The molecular weight excluding hydrogens is 489 g/mol. The normalized spacial score (nSPS) is 22.3. The molecule has 182 valence electrons. The first-order valence-electron chi connectivity index (χ1n) is 12.3. The average molecular weight is 521 g/mol. The zero-order chi connectivity index (χ0) is 24.2. The molecule has 1 saturated carbocycles. The molecule has 0 bridgehead atoms. The van der Waals surface area contributed by atoms with Crippen molar-refractivity contribution in [3.05, 3.63) is 63.1 Å². The van der Waals surface area contributed by atoms with Gasteiger partial charge in [0.05, 0.1) is 16.8 Å². The van der Waals surface area contributed by atoms with Crippen LogP contribution in [0.1, 0.15) is 70.4 Å². The van der Waals surface area contributed by atoms with Crippen LogP contribution in [0, 0.1) is 11.8 Å². The van der Waals surface area contributed by atoms with Crippen LogP contribution in [0.25, 0.3) is 0 Å². The number of carbonyl (C=O) groups is 1. The highest BCUT2D eigenvalue weighted by molar-refractivity contribution is 6.41. The number of benzene rings is 2. The number of nitrogens with one attached hydrogen (secondary N) is 1. The molecular formula is C27H32Cl3N3O. The van der Waals surface area contributed by atoms with Crippen LogP contribution in [0.3, 0.4) is 0 Å². The van der Waals surface area contributed by atoms with E-state index in [9.17, 15) is 4.79 Å². The highest BCUT2D eigenvalue weighted by atomic mass is 35.5. The van der Waals surface area contributed by atoms with E-state index in [0.717, 1.165) is 17.7 Å². The summed E-state index contributed by atoms with van der Waals surface area (Å²) in [5, 5.41) is 11.8.